The number of fused-ring (bicyclic) bond motifs is 1. The van der Waals surface area contributed by atoms with Crippen LogP contribution in [0.1, 0.15) is 49.9 Å². The summed E-state index contributed by atoms with van der Waals surface area (Å²) in [6.07, 6.45) is 7.99. The third kappa shape index (κ3) is 5.10. The topological polar surface area (TPSA) is 86.1 Å². The fraction of sp³-hybridized carbons (Fsp3) is 0.417. The summed E-state index contributed by atoms with van der Waals surface area (Å²) in [4.78, 5) is 34.6. The van der Waals surface area contributed by atoms with E-state index in [1.165, 1.54) is 19.3 Å². The highest BCUT2D eigenvalue weighted by molar-refractivity contribution is 5.76. The van der Waals surface area contributed by atoms with Crippen LogP contribution in [0.5, 0.6) is 5.75 Å². The van der Waals surface area contributed by atoms with E-state index in [9.17, 15) is 9.59 Å². The van der Waals surface area contributed by atoms with Crippen molar-refractivity contribution >= 4 is 16.9 Å². The van der Waals surface area contributed by atoms with E-state index in [1.807, 2.05) is 24.3 Å². The van der Waals surface area contributed by atoms with Crippen molar-refractivity contribution in [2.24, 2.45) is 0 Å². The van der Waals surface area contributed by atoms with Crippen LogP contribution < -0.4 is 15.6 Å². The summed E-state index contributed by atoms with van der Waals surface area (Å²) in [5.41, 5.74) is 1.23. The molecule has 1 aliphatic carbocycles. The van der Waals surface area contributed by atoms with E-state index in [0.29, 0.717) is 36.2 Å². The van der Waals surface area contributed by atoms with Gasteiger partial charge in [-0.25, -0.2) is 9.97 Å². The summed E-state index contributed by atoms with van der Waals surface area (Å²) >= 11 is 0. The fourth-order valence-electron chi connectivity index (χ4n) is 4.14. The molecule has 0 unspecified atom stereocenters. The summed E-state index contributed by atoms with van der Waals surface area (Å²) in [5.74, 6) is 1.35. The van der Waals surface area contributed by atoms with Crippen LogP contribution in [0, 0.1) is 0 Å². The lowest BCUT2D eigenvalue weighted by molar-refractivity contribution is -0.122. The first-order valence-corrected chi connectivity index (χ1v) is 10.9. The predicted octanol–water partition coefficient (Wildman–Crippen LogP) is 3.23. The molecule has 1 saturated carbocycles. The first kappa shape index (κ1) is 21.0. The summed E-state index contributed by atoms with van der Waals surface area (Å²) < 4.78 is 6.87. The van der Waals surface area contributed by atoms with Crippen LogP contribution in [0.2, 0.25) is 0 Å². The highest BCUT2D eigenvalue weighted by atomic mass is 16.5. The average molecular weight is 421 g/mol. The van der Waals surface area contributed by atoms with Crippen LogP contribution in [-0.4, -0.2) is 33.6 Å². The van der Waals surface area contributed by atoms with Crippen LogP contribution in [-0.2, 0) is 17.8 Å². The first-order chi connectivity index (χ1) is 15.1. The highest BCUT2D eigenvalue weighted by Crippen LogP contribution is 2.18. The highest BCUT2D eigenvalue weighted by Gasteiger charge is 2.17. The predicted molar refractivity (Wildman–Crippen MR) is 119 cm³/mol. The number of pyridine rings is 1. The number of hydrogen-bond acceptors (Lipinski definition) is 5. The van der Waals surface area contributed by atoms with Crippen LogP contribution in [0.4, 0.5) is 0 Å². The Morgan fingerprint density at radius 2 is 1.94 bits per heavy atom. The molecule has 0 spiro atoms. The molecule has 0 aliphatic heterocycles. The second kappa shape index (κ2) is 9.73. The Balaban J connectivity index is 1.57. The smallest absolute Gasteiger partial charge is 0.263 e. The molecule has 2 heterocycles. The molecule has 4 rings (SSSR count). The fourth-order valence-corrected chi connectivity index (χ4v) is 4.14. The van der Waals surface area contributed by atoms with E-state index >= 15 is 0 Å². The lowest BCUT2D eigenvalue weighted by atomic mass is 9.95. The standard InChI is InChI=1S/C24H28N4O3/c1-31-19-11-9-17(10-12-19)16-28-21(27-23-20(24(28)30)8-5-15-25-23)13-14-22(29)26-18-6-3-2-4-7-18/h5,8-12,15,18H,2-4,6-7,13-14,16H2,1H3,(H,26,29). The number of ether oxygens (including phenoxy) is 1. The van der Waals surface area contributed by atoms with Crippen LogP contribution in [0.15, 0.2) is 47.4 Å². The molecule has 2 aromatic heterocycles. The van der Waals surface area contributed by atoms with Crippen molar-refractivity contribution in [2.75, 3.05) is 7.11 Å². The van der Waals surface area contributed by atoms with Gasteiger partial charge in [0.1, 0.15) is 11.6 Å². The Morgan fingerprint density at radius 3 is 2.68 bits per heavy atom. The molecule has 7 nitrogen and oxygen atoms in total. The first-order valence-electron chi connectivity index (χ1n) is 10.9. The van der Waals surface area contributed by atoms with Gasteiger partial charge in [-0.2, -0.15) is 0 Å². The second-order valence-corrected chi connectivity index (χ2v) is 8.04. The van der Waals surface area contributed by atoms with E-state index in [1.54, 1.807) is 30.0 Å². The van der Waals surface area contributed by atoms with Crippen molar-refractivity contribution in [3.05, 3.63) is 64.3 Å². The van der Waals surface area contributed by atoms with E-state index < -0.39 is 0 Å². The zero-order chi connectivity index (χ0) is 21.6. The number of carbonyl (C=O) groups is 1. The van der Waals surface area contributed by atoms with Gasteiger partial charge in [-0.05, 0) is 42.7 Å². The lowest BCUT2D eigenvalue weighted by Crippen LogP contribution is -2.36. The van der Waals surface area contributed by atoms with Gasteiger partial charge >= 0.3 is 0 Å². The van der Waals surface area contributed by atoms with Crippen LogP contribution in [0.3, 0.4) is 0 Å². The van der Waals surface area contributed by atoms with Crippen molar-refractivity contribution < 1.29 is 9.53 Å². The van der Waals surface area contributed by atoms with E-state index in [-0.39, 0.29) is 17.5 Å². The third-order valence-electron chi connectivity index (χ3n) is 5.85. The molecule has 0 radical (unpaired) electrons. The van der Waals surface area contributed by atoms with Gasteiger partial charge in [0.25, 0.3) is 5.56 Å². The minimum atomic E-state index is -0.142. The van der Waals surface area contributed by atoms with Gasteiger partial charge in [-0.1, -0.05) is 31.4 Å². The largest absolute Gasteiger partial charge is 0.497 e. The zero-order valence-corrected chi connectivity index (χ0v) is 17.8. The molecule has 1 N–H and O–H groups in total. The maximum atomic E-state index is 13.2. The minimum absolute atomic E-state index is 0.0123. The normalized spacial score (nSPS) is 14.5. The van der Waals surface area contributed by atoms with Gasteiger partial charge in [0, 0.05) is 25.1 Å². The van der Waals surface area contributed by atoms with Crippen LogP contribution >= 0.6 is 0 Å². The Hall–Kier alpha value is -3.22. The molecule has 0 atom stereocenters. The van der Waals surface area contributed by atoms with Gasteiger partial charge in [-0.3, -0.25) is 14.2 Å². The van der Waals surface area contributed by atoms with E-state index in [4.69, 9.17) is 4.74 Å². The summed E-state index contributed by atoms with van der Waals surface area (Å²) in [6, 6.07) is 11.3. The number of nitrogens with one attached hydrogen (secondary N) is 1. The molecule has 31 heavy (non-hydrogen) atoms. The quantitative estimate of drug-likeness (QED) is 0.634. The monoisotopic (exact) mass is 420 g/mol. The minimum Gasteiger partial charge on any atom is -0.497 e. The number of aryl methyl sites for hydroxylation is 1. The number of nitrogens with zero attached hydrogens (tertiary/aromatic N) is 3. The number of aromatic nitrogens is 3. The molecule has 0 bridgehead atoms. The van der Waals surface area contributed by atoms with Gasteiger partial charge in [0.2, 0.25) is 5.91 Å². The molecular weight excluding hydrogens is 392 g/mol. The summed E-state index contributed by atoms with van der Waals surface area (Å²) in [7, 11) is 1.62. The molecule has 0 saturated heterocycles. The van der Waals surface area contributed by atoms with Gasteiger partial charge in [-0.15, -0.1) is 0 Å². The van der Waals surface area contributed by atoms with Gasteiger partial charge in [0.05, 0.1) is 19.0 Å². The SMILES string of the molecule is COc1ccc(Cn2c(CCC(=O)NC3CCCCC3)nc3ncccc3c2=O)cc1. The van der Waals surface area contributed by atoms with Crippen molar-refractivity contribution in [3.63, 3.8) is 0 Å². The molecule has 7 heteroatoms. The molecule has 1 fully saturated rings. The molecule has 1 aromatic carbocycles. The number of methoxy groups -OCH3 is 1. The zero-order valence-electron chi connectivity index (χ0n) is 17.8. The third-order valence-corrected chi connectivity index (χ3v) is 5.85. The van der Waals surface area contributed by atoms with Crippen LogP contribution in [0.25, 0.3) is 11.0 Å². The Kier molecular flexibility index (Phi) is 6.60. The van der Waals surface area contributed by atoms with Crippen molar-refractivity contribution in [3.8, 4) is 5.75 Å². The summed E-state index contributed by atoms with van der Waals surface area (Å²) in [5, 5.41) is 3.62. The Bertz CT molecular complexity index is 1100. The summed E-state index contributed by atoms with van der Waals surface area (Å²) in [6.45, 7) is 0.375. The maximum absolute atomic E-state index is 13.2. The van der Waals surface area contributed by atoms with Crippen molar-refractivity contribution in [2.45, 2.75) is 57.5 Å². The Labute approximate surface area is 181 Å². The van der Waals surface area contributed by atoms with Crippen molar-refractivity contribution in [1.29, 1.82) is 0 Å². The van der Waals surface area contributed by atoms with E-state index in [0.717, 1.165) is 24.2 Å². The number of carbonyl (C=O) groups excluding carboxylic acids is 1. The number of hydrogen-bond donors (Lipinski definition) is 1. The lowest BCUT2D eigenvalue weighted by Gasteiger charge is -2.22. The molecular formula is C24H28N4O3. The van der Waals surface area contributed by atoms with Crippen molar-refractivity contribution in [1.82, 2.24) is 19.9 Å². The number of benzene rings is 1. The molecule has 3 aromatic rings. The van der Waals surface area contributed by atoms with Gasteiger partial charge in [0.15, 0.2) is 5.65 Å². The number of rotatable bonds is 7. The Morgan fingerprint density at radius 1 is 1.16 bits per heavy atom. The second-order valence-electron chi connectivity index (χ2n) is 8.04. The average Bonchev–Trinajstić information content (AvgIpc) is 2.81. The molecule has 162 valence electrons. The molecule has 1 aliphatic rings. The molecule has 1 amide bonds. The maximum Gasteiger partial charge on any atom is 0.263 e. The van der Waals surface area contributed by atoms with E-state index in [2.05, 4.69) is 15.3 Å². The van der Waals surface area contributed by atoms with Gasteiger partial charge < -0.3 is 10.1 Å². The number of amides is 1.